The lowest BCUT2D eigenvalue weighted by molar-refractivity contribution is 0.107. The number of aromatic nitrogens is 1. The Kier molecular flexibility index (Phi) is 1.74. The SMILES string of the molecule is OC1(c2cccc3ncccc23)C2CCCC21. The zero-order valence-corrected chi connectivity index (χ0v) is 9.63. The van der Waals surface area contributed by atoms with Crippen molar-refractivity contribution in [2.75, 3.05) is 0 Å². The summed E-state index contributed by atoms with van der Waals surface area (Å²) >= 11 is 0. The van der Waals surface area contributed by atoms with Crippen LogP contribution in [0.4, 0.5) is 0 Å². The fraction of sp³-hybridized carbons (Fsp3) is 0.400. The molecule has 0 bridgehead atoms. The summed E-state index contributed by atoms with van der Waals surface area (Å²) in [6.07, 6.45) is 5.44. The van der Waals surface area contributed by atoms with Crippen molar-refractivity contribution in [1.29, 1.82) is 0 Å². The maximum absolute atomic E-state index is 10.8. The third kappa shape index (κ3) is 1.11. The van der Waals surface area contributed by atoms with Crippen LogP contribution in [0.3, 0.4) is 0 Å². The van der Waals surface area contributed by atoms with Crippen molar-refractivity contribution < 1.29 is 5.11 Å². The van der Waals surface area contributed by atoms with Gasteiger partial charge < -0.3 is 5.11 Å². The molecule has 2 aliphatic carbocycles. The molecule has 2 fully saturated rings. The normalized spacial score (nSPS) is 34.9. The quantitative estimate of drug-likeness (QED) is 0.809. The molecular formula is C15H15NO. The number of fused-ring (bicyclic) bond motifs is 2. The zero-order valence-electron chi connectivity index (χ0n) is 9.63. The molecule has 1 aromatic heterocycles. The predicted octanol–water partition coefficient (Wildman–Crippen LogP) is 2.85. The monoisotopic (exact) mass is 225 g/mol. The maximum atomic E-state index is 10.8. The number of hydrogen-bond donors (Lipinski definition) is 1. The molecule has 2 aromatic rings. The van der Waals surface area contributed by atoms with Gasteiger partial charge in [-0.2, -0.15) is 0 Å². The number of aliphatic hydroxyl groups is 1. The molecule has 0 spiro atoms. The van der Waals surface area contributed by atoms with Crippen LogP contribution in [-0.2, 0) is 5.60 Å². The first-order valence-electron chi connectivity index (χ1n) is 6.38. The van der Waals surface area contributed by atoms with Crippen molar-refractivity contribution in [2.45, 2.75) is 24.9 Å². The molecular weight excluding hydrogens is 210 g/mol. The second kappa shape index (κ2) is 3.08. The van der Waals surface area contributed by atoms with E-state index < -0.39 is 5.60 Å². The van der Waals surface area contributed by atoms with Crippen LogP contribution in [0.25, 0.3) is 10.9 Å². The Hall–Kier alpha value is -1.41. The Morgan fingerprint density at radius 1 is 1.12 bits per heavy atom. The van der Waals surface area contributed by atoms with E-state index in [0.29, 0.717) is 11.8 Å². The summed E-state index contributed by atoms with van der Waals surface area (Å²) in [5.74, 6) is 0.988. The molecule has 4 rings (SSSR count). The number of hydrogen-bond acceptors (Lipinski definition) is 2. The lowest BCUT2D eigenvalue weighted by Crippen LogP contribution is -2.13. The first-order chi connectivity index (χ1) is 8.32. The van der Waals surface area contributed by atoms with Gasteiger partial charge in [0.15, 0.2) is 0 Å². The Morgan fingerprint density at radius 2 is 1.94 bits per heavy atom. The number of pyridine rings is 1. The van der Waals surface area contributed by atoms with Crippen LogP contribution in [0.5, 0.6) is 0 Å². The van der Waals surface area contributed by atoms with Crippen LogP contribution in [0.2, 0.25) is 0 Å². The molecule has 2 aliphatic rings. The molecule has 2 saturated carbocycles. The Bertz CT molecular complexity index is 577. The molecule has 2 unspecified atom stereocenters. The molecule has 0 amide bonds. The van der Waals surface area contributed by atoms with E-state index in [4.69, 9.17) is 0 Å². The van der Waals surface area contributed by atoms with Crippen molar-refractivity contribution in [3.8, 4) is 0 Å². The highest BCUT2D eigenvalue weighted by Gasteiger charge is 2.66. The van der Waals surface area contributed by atoms with Gasteiger partial charge in [-0.25, -0.2) is 0 Å². The summed E-state index contributed by atoms with van der Waals surface area (Å²) in [5, 5.41) is 12.0. The summed E-state index contributed by atoms with van der Waals surface area (Å²) in [6, 6.07) is 10.1. The van der Waals surface area contributed by atoms with Crippen molar-refractivity contribution >= 4 is 10.9 Å². The Morgan fingerprint density at radius 3 is 2.76 bits per heavy atom. The van der Waals surface area contributed by atoms with E-state index in [1.807, 2.05) is 24.4 Å². The highest BCUT2D eigenvalue weighted by molar-refractivity contribution is 5.83. The third-order valence-electron chi connectivity index (χ3n) is 4.61. The van der Waals surface area contributed by atoms with Crippen LogP contribution < -0.4 is 0 Å². The second-order valence-electron chi connectivity index (χ2n) is 5.34. The van der Waals surface area contributed by atoms with Crippen LogP contribution in [-0.4, -0.2) is 10.1 Å². The fourth-order valence-electron chi connectivity index (χ4n) is 3.77. The number of nitrogens with zero attached hydrogens (tertiary/aromatic N) is 1. The van der Waals surface area contributed by atoms with Gasteiger partial charge in [-0.15, -0.1) is 0 Å². The van der Waals surface area contributed by atoms with Gasteiger partial charge in [-0.3, -0.25) is 4.98 Å². The predicted molar refractivity (Wildman–Crippen MR) is 66.5 cm³/mol. The Labute approximate surface area is 100 Å². The first kappa shape index (κ1) is 9.60. The molecule has 0 radical (unpaired) electrons. The summed E-state index contributed by atoms with van der Waals surface area (Å²) in [4.78, 5) is 4.37. The van der Waals surface area contributed by atoms with Gasteiger partial charge in [0.2, 0.25) is 0 Å². The molecule has 1 heterocycles. The zero-order chi connectivity index (χ0) is 11.5. The van der Waals surface area contributed by atoms with Gasteiger partial charge in [0, 0.05) is 11.6 Å². The minimum absolute atomic E-state index is 0.494. The van der Waals surface area contributed by atoms with E-state index in [9.17, 15) is 5.11 Å². The fourth-order valence-corrected chi connectivity index (χ4v) is 3.77. The van der Waals surface area contributed by atoms with Crippen molar-refractivity contribution in [2.24, 2.45) is 11.8 Å². The number of benzene rings is 1. The van der Waals surface area contributed by atoms with Gasteiger partial charge in [-0.1, -0.05) is 24.6 Å². The van der Waals surface area contributed by atoms with Crippen molar-refractivity contribution in [1.82, 2.24) is 4.98 Å². The third-order valence-corrected chi connectivity index (χ3v) is 4.61. The smallest absolute Gasteiger partial charge is 0.0966 e. The first-order valence-corrected chi connectivity index (χ1v) is 6.38. The van der Waals surface area contributed by atoms with Crippen LogP contribution >= 0.6 is 0 Å². The van der Waals surface area contributed by atoms with Crippen LogP contribution in [0.15, 0.2) is 36.5 Å². The summed E-state index contributed by atoms with van der Waals surface area (Å²) in [6.45, 7) is 0. The molecule has 2 heteroatoms. The molecule has 0 aliphatic heterocycles. The van der Waals surface area contributed by atoms with E-state index >= 15 is 0 Å². The molecule has 0 saturated heterocycles. The summed E-state index contributed by atoms with van der Waals surface area (Å²) in [7, 11) is 0. The second-order valence-corrected chi connectivity index (χ2v) is 5.34. The van der Waals surface area contributed by atoms with E-state index in [2.05, 4.69) is 17.1 Å². The average Bonchev–Trinajstić information content (AvgIpc) is 2.79. The molecule has 86 valence electrons. The standard InChI is InChI=1S/C15H15NO/c17-15(12-6-1-7-13(12)15)11-5-2-8-14-10(11)4-3-9-16-14/h2-5,8-9,12-13,17H,1,6-7H2. The van der Waals surface area contributed by atoms with E-state index in [1.165, 1.54) is 19.3 Å². The highest BCUT2D eigenvalue weighted by Crippen LogP contribution is 2.66. The molecule has 1 aromatic carbocycles. The van der Waals surface area contributed by atoms with Gasteiger partial charge >= 0.3 is 0 Å². The van der Waals surface area contributed by atoms with E-state index in [1.54, 1.807) is 0 Å². The molecule has 17 heavy (non-hydrogen) atoms. The minimum Gasteiger partial charge on any atom is -0.385 e. The highest BCUT2D eigenvalue weighted by atomic mass is 16.3. The van der Waals surface area contributed by atoms with Crippen LogP contribution in [0, 0.1) is 11.8 Å². The molecule has 2 nitrogen and oxygen atoms in total. The summed E-state index contributed by atoms with van der Waals surface area (Å²) < 4.78 is 0. The van der Waals surface area contributed by atoms with E-state index in [0.717, 1.165) is 16.5 Å². The van der Waals surface area contributed by atoms with Gasteiger partial charge in [0.1, 0.15) is 0 Å². The lowest BCUT2D eigenvalue weighted by atomic mass is 9.95. The average molecular weight is 225 g/mol. The lowest BCUT2D eigenvalue weighted by Gasteiger charge is -2.16. The number of rotatable bonds is 1. The van der Waals surface area contributed by atoms with Crippen LogP contribution in [0.1, 0.15) is 24.8 Å². The van der Waals surface area contributed by atoms with Crippen molar-refractivity contribution in [3.63, 3.8) is 0 Å². The van der Waals surface area contributed by atoms with Gasteiger partial charge in [-0.05, 0) is 42.4 Å². The minimum atomic E-state index is -0.555. The topological polar surface area (TPSA) is 33.1 Å². The molecule has 2 atom stereocenters. The Balaban J connectivity index is 1.92. The molecule has 1 N–H and O–H groups in total. The van der Waals surface area contributed by atoms with Gasteiger partial charge in [0.25, 0.3) is 0 Å². The van der Waals surface area contributed by atoms with Crippen molar-refractivity contribution in [3.05, 3.63) is 42.1 Å². The van der Waals surface area contributed by atoms with Gasteiger partial charge in [0.05, 0.1) is 11.1 Å². The summed E-state index contributed by atoms with van der Waals surface area (Å²) in [5.41, 5.74) is 1.53. The largest absolute Gasteiger partial charge is 0.385 e. The maximum Gasteiger partial charge on any atom is 0.0966 e. The van der Waals surface area contributed by atoms with E-state index in [-0.39, 0.29) is 0 Å².